The lowest BCUT2D eigenvalue weighted by Gasteiger charge is -2.11. The van der Waals surface area contributed by atoms with Crippen LogP contribution in [0, 0.1) is 6.92 Å². The summed E-state index contributed by atoms with van der Waals surface area (Å²) < 4.78 is 1.33. The Bertz CT molecular complexity index is 475. The minimum absolute atomic E-state index is 0.208. The van der Waals surface area contributed by atoms with Gasteiger partial charge in [-0.25, -0.2) is 0 Å². The summed E-state index contributed by atoms with van der Waals surface area (Å²) in [7, 11) is 0. The lowest BCUT2D eigenvalue weighted by atomic mass is 10.1. The Kier molecular flexibility index (Phi) is 4.26. The maximum atomic E-state index is 5.91. The predicted octanol–water partition coefficient (Wildman–Crippen LogP) is 4.10. The van der Waals surface area contributed by atoms with E-state index in [9.17, 15) is 0 Å². The van der Waals surface area contributed by atoms with Gasteiger partial charge in [-0.05, 0) is 43.3 Å². The van der Waals surface area contributed by atoms with Crippen molar-refractivity contribution in [1.82, 2.24) is 0 Å². The normalized spacial score (nSPS) is 12.6. The van der Waals surface area contributed by atoms with Crippen LogP contribution in [0.5, 0.6) is 0 Å². The molecule has 1 aromatic carbocycles. The molecular weight excluding hydrogens is 246 g/mol. The van der Waals surface area contributed by atoms with Gasteiger partial charge in [-0.3, -0.25) is 0 Å². The summed E-state index contributed by atoms with van der Waals surface area (Å²) in [5, 5.41) is 2.11. The molecule has 1 atom stereocenters. The Labute approximate surface area is 111 Å². The summed E-state index contributed by atoms with van der Waals surface area (Å²) in [6.45, 7) is 4.19. The molecule has 90 valence electrons. The topological polar surface area (TPSA) is 26.0 Å². The number of hydrogen-bond donors (Lipinski definition) is 1. The molecule has 1 heterocycles. The summed E-state index contributed by atoms with van der Waals surface area (Å²) in [6, 6.07) is 11.1. The standard InChI is InChI=1S/C14H17NS2/c1-10-5-6-13(12(8-10)9-11(2)15)17-14-4-3-7-16-14/h3-8,11H,9,15H2,1-2H3. The zero-order valence-corrected chi connectivity index (χ0v) is 11.8. The molecule has 0 aliphatic rings. The summed E-state index contributed by atoms with van der Waals surface area (Å²) in [4.78, 5) is 1.33. The van der Waals surface area contributed by atoms with Crippen LogP contribution in [0.3, 0.4) is 0 Å². The van der Waals surface area contributed by atoms with Gasteiger partial charge in [0.1, 0.15) is 0 Å². The van der Waals surface area contributed by atoms with Gasteiger partial charge in [0.2, 0.25) is 0 Å². The van der Waals surface area contributed by atoms with E-state index in [4.69, 9.17) is 5.73 Å². The van der Waals surface area contributed by atoms with Crippen molar-refractivity contribution in [2.75, 3.05) is 0 Å². The average molecular weight is 263 g/mol. The first kappa shape index (κ1) is 12.7. The quantitative estimate of drug-likeness (QED) is 0.899. The number of thiophene rings is 1. The molecule has 1 nitrogen and oxygen atoms in total. The second-order valence-corrected chi connectivity index (χ2v) is 6.62. The second-order valence-electron chi connectivity index (χ2n) is 4.33. The fourth-order valence-electron chi connectivity index (χ4n) is 1.74. The molecular formula is C14H17NS2. The molecule has 17 heavy (non-hydrogen) atoms. The highest BCUT2D eigenvalue weighted by Crippen LogP contribution is 2.34. The summed E-state index contributed by atoms with van der Waals surface area (Å²) >= 11 is 3.62. The van der Waals surface area contributed by atoms with E-state index in [1.165, 1.54) is 20.2 Å². The lowest BCUT2D eigenvalue weighted by molar-refractivity contribution is 0.729. The summed E-state index contributed by atoms with van der Waals surface area (Å²) in [5.41, 5.74) is 8.57. The van der Waals surface area contributed by atoms with Crippen LogP contribution in [-0.2, 0) is 6.42 Å². The zero-order chi connectivity index (χ0) is 12.3. The van der Waals surface area contributed by atoms with Crippen LogP contribution in [0.15, 0.2) is 44.8 Å². The largest absolute Gasteiger partial charge is 0.328 e. The van der Waals surface area contributed by atoms with Crippen molar-refractivity contribution in [3.63, 3.8) is 0 Å². The molecule has 0 spiro atoms. The Morgan fingerprint density at radius 3 is 2.82 bits per heavy atom. The maximum Gasteiger partial charge on any atom is 0.0646 e. The van der Waals surface area contributed by atoms with Crippen molar-refractivity contribution in [3.05, 3.63) is 46.8 Å². The summed E-state index contributed by atoms with van der Waals surface area (Å²) in [5.74, 6) is 0. The smallest absolute Gasteiger partial charge is 0.0646 e. The van der Waals surface area contributed by atoms with Gasteiger partial charge in [0, 0.05) is 10.9 Å². The molecule has 0 radical (unpaired) electrons. The van der Waals surface area contributed by atoms with Crippen molar-refractivity contribution >= 4 is 23.1 Å². The van der Waals surface area contributed by atoms with Gasteiger partial charge >= 0.3 is 0 Å². The lowest BCUT2D eigenvalue weighted by Crippen LogP contribution is -2.18. The minimum Gasteiger partial charge on any atom is -0.328 e. The molecule has 2 N–H and O–H groups in total. The first-order valence-corrected chi connectivity index (χ1v) is 7.41. The van der Waals surface area contributed by atoms with Gasteiger partial charge in [0.25, 0.3) is 0 Å². The van der Waals surface area contributed by atoms with Crippen LogP contribution in [0.2, 0.25) is 0 Å². The molecule has 1 aromatic heterocycles. The number of benzene rings is 1. The van der Waals surface area contributed by atoms with Gasteiger partial charge in [-0.2, -0.15) is 0 Å². The van der Waals surface area contributed by atoms with Crippen LogP contribution in [-0.4, -0.2) is 6.04 Å². The van der Waals surface area contributed by atoms with Gasteiger partial charge in [0.05, 0.1) is 4.21 Å². The SMILES string of the molecule is Cc1ccc(Sc2cccs2)c(CC(C)N)c1. The van der Waals surface area contributed by atoms with Crippen molar-refractivity contribution in [3.8, 4) is 0 Å². The molecule has 0 aliphatic carbocycles. The first-order chi connectivity index (χ1) is 8.15. The molecule has 0 aliphatic heterocycles. The highest BCUT2D eigenvalue weighted by molar-refractivity contribution is 8.01. The van der Waals surface area contributed by atoms with E-state index in [1.807, 2.05) is 11.8 Å². The van der Waals surface area contributed by atoms with Gasteiger partial charge in [-0.15, -0.1) is 11.3 Å². The van der Waals surface area contributed by atoms with E-state index >= 15 is 0 Å². The molecule has 3 heteroatoms. The van der Waals surface area contributed by atoms with Gasteiger partial charge in [0.15, 0.2) is 0 Å². The number of rotatable bonds is 4. The van der Waals surface area contributed by atoms with Crippen LogP contribution in [0.1, 0.15) is 18.1 Å². The number of nitrogens with two attached hydrogens (primary N) is 1. The van der Waals surface area contributed by atoms with E-state index in [1.54, 1.807) is 11.3 Å². The third-order valence-corrected chi connectivity index (χ3v) is 4.62. The minimum atomic E-state index is 0.208. The van der Waals surface area contributed by atoms with Crippen molar-refractivity contribution in [1.29, 1.82) is 0 Å². The molecule has 0 bridgehead atoms. The number of aryl methyl sites for hydroxylation is 1. The summed E-state index contributed by atoms with van der Waals surface area (Å²) in [6.07, 6.45) is 0.940. The van der Waals surface area contributed by atoms with Crippen LogP contribution < -0.4 is 5.73 Å². The maximum absolute atomic E-state index is 5.91. The third kappa shape index (κ3) is 3.60. The average Bonchev–Trinajstić information content (AvgIpc) is 2.74. The van der Waals surface area contributed by atoms with Crippen LogP contribution >= 0.6 is 23.1 Å². The van der Waals surface area contributed by atoms with Crippen molar-refractivity contribution in [2.24, 2.45) is 5.73 Å². The molecule has 2 rings (SSSR count). The Hall–Kier alpha value is -0.770. The fourth-order valence-corrected chi connectivity index (χ4v) is 3.59. The van der Waals surface area contributed by atoms with Crippen molar-refractivity contribution in [2.45, 2.75) is 35.4 Å². The Balaban J connectivity index is 2.25. The Morgan fingerprint density at radius 2 is 2.18 bits per heavy atom. The molecule has 1 unspecified atom stereocenters. The highest BCUT2D eigenvalue weighted by Gasteiger charge is 2.07. The number of hydrogen-bond acceptors (Lipinski definition) is 3. The van der Waals surface area contributed by atoms with Crippen LogP contribution in [0.25, 0.3) is 0 Å². The van der Waals surface area contributed by atoms with Gasteiger partial charge < -0.3 is 5.73 Å². The first-order valence-electron chi connectivity index (χ1n) is 5.71. The Morgan fingerprint density at radius 1 is 1.35 bits per heavy atom. The van der Waals surface area contributed by atoms with Crippen molar-refractivity contribution < 1.29 is 0 Å². The molecule has 0 amide bonds. The molecule has 0 saturated carbocycles. The third-order valence-electron chi connectivity index (χ3n) is 2.46. The molecule has 0 fully saturated rings. The zero-order valence-electron chi connectivity index (χ0n) is 10.1. The second kappa shape index (κ2) is 5.71. The molecule has 2 aromatic rings. The predicted molar refractivity (Wildman–Crippen MR) is 77.0 cm³/mol. The van der Waals surface area contributed by atoms with E-state index < -0.39 is 0 Å². The van der Waals surface area contributed by atoms with Gasteiger partial charge in [-0.1, -0.05) is 35.5 Å². The van der Waals surface area contributed by atoms with E-state index in [-0.39, 0.29) is 6.04 Å². The van der Waals surface area contributed by atoms with Crippen LogP contribution in [0.4, 0.5) is 0 Å². The van der Waals surface area contributed by atoms with E-state index in [2.05, 4.69) is 49.6 Å². The van der Waals surface area contributed by atoms with E-state index in [0.717, 1.165) is 6.42 Å². The fraction of sp³-hybridized carbons (Fsp3) is 0.286. The monoisotopic (exact) mass is 263 g/mol. The van der Waals surface area contributed by atoms with E-state index in [0.29, 0.717) is 0 Å². The highest BCUT2D eigenvalue weighted by atomic mass is 32.2. The molecule has 0 saturated heterocycles.